The van der Waals surface area contributed by atoms with Gasteiger partial charge in [0.05, 0.1) is 11.0 Å². The Labute approximate surface area is 84.3 Å². The summed E-state index contributed by atoms with van der Waals surface area (Å²) in [7, 11) is 0. The topological polar surface area (TPSA) is 61.6 Å². The van der Waals surface area contributed by atoms with Crippen LogP contribution in [-0.2, 0) is 0 Å². The Hall–Kier alpha value is -1.49. The third kappa shape index (κ3) is 1.46. The van der Waals surface area contributed by atoms with Gasteiger partial charge < -0.3 is 9.47 Å². The maximum Gasteiger partial charge on any atom is 0.291 e. The number of rotatable bonds is 1. The monoisotopic (exact) mass is 215 g/mol. The van der Waals surface area contributed by atoms with Crippen LogP contribution in [0.1, 0.15) is 0 Å². The fraction of sp³-hybridized carbons (Fsp3) is 0.250. The lowest BCUT2D eigenvalue weighted by Gasteiger charge is -2.17. The van der Waals surface area contributed by atoms with E-state index in [-0.39, 0.29) is 10.7 Å². The van der Waals surface area contributed by atoms with Crippen LogP contribution in [0.2, 0.25) is 5.02 Å². The number of nitro groups is 1. The van der Waals surface area contributed by atoms with Crippen molar-refractivity contribution in [3.63, 3.8) is 0 Å². The van der Waals surface area contributed by atoms with Crippen LogP contribution in [0.3, 0.4) is 0 Å². The van der Waals surface area contributed by atoms with E-state index in [1.54, 1.807) is 0 Å². The van der Waals surface area contributed by atoms with Gasteiger partial charge in [0.2, 0.25) is 0 Å². The van der Waals surface area contributed by atoms with E-state index >= 15 is 0 Å². The molecule has 0 atom stereocenters. The summed E-state index contributed by atoms with van der Waals surface area (Å²) < 4.78 is 10.4. The molecule has 0 N–H and O–H groups in total. The number of halogens is 1. The van der Waals surface area contributed by atoms with Gasteiger partial charge in [0, 0.05) is 6.07 Å². The molecule has 1 aliphatic heterocycles. The summed E-state index contributed by atoms with van der Waals surface area (Å²) in [5, 5.41) is 10.6. The molecule has 14 heavy (non-hydrogen) atoms. The highest BCUT2D eigenvalue weighted by molar-refractivity contribution is 6.32. The van der Waals surface area contributed by atoms with Gasteiger partial charge >= 0.3 is 0 Å². The van der Waals surface area contributed by atoms with Crippen molar-refractivity contribution in [2.45, 2.75) is 0 Å². The highest BCUT2D eigenvalue weighted by atomic mass is 35.5. The van der Waals surface area contributed by atoms with Crippen molar-refractivity contribution >= 4 is 17.3 Å². The van der Waals surface area contributed by atoms with Crippen molar-refractivity contribution in [3.8, 4) is 11.5 Å². The Bertz CT molecular complexity index is 393. The zero-order chi connectivity index (χ0) is 10.1. The Kier molecular flexibility index (Phi) is 2.17. The van der Waals surface area contributed by atoms with Gasteiger partial charge in [-0.25, -0.2) is 0 Å². The van der Waals surface area contributed by atoms with Crippen molar-refractivity contribution in [1.82, 2.24) is 0 Å². The van der Waals surface area contributed by atoms with E-state index in [4.69, 9.17) is 21.1 Å². The van der Waals surface area contributed by atoms with Crippen LogP contribution < -0.4 is 9.47 Å². The van der Waals surface area contributed by atoms with Gasteiger partial charge in [0.15, 0.2) is 11.5 Å². The molecule has 1 aromatic rings. The maximum absolute atomic E-state index is 10.5. The van der Waals surface area contributed by atoms with Crippen molar-refractivity contribution in [1.29, 1.82) is 0 Å². The molecule has 2 rings (SSSR count). The minimum Gasteiger partial charge on any atom is -0.486 e. The Morgan fingerprint density at radius 2 is 1.86 bits per heavy atom. The molecule has 0 unspecified atom stereocenters. The van der Waals surface area contributed by atoms with Crippen molar-refractivity contribution in [2.75, 3.05) is 13.2 Å². The highest BCUT2D eigenvalue weighted by Gasteiger charge is 2.20. The summed E-state index contributed by atoms with van der Waals surface area (Å²) in [4.78, 5) is 9.98. The normalized spacial score (nSPS) is 13.8. The smallest absolute Gasteiger partial charge is 0.291 e. The van der Waals surface area contributed by atoms with Gasteiger partial charge in [0.1, 0.15) is 18.2 Å². The average molecular weight is 216 g/mol. The number of fused-ring (bicyclic) bond motifs is 1. The number of nitro benzene ring substituents is 1. The van der Waals surface area contributed by atoms with Crippen LogP contribution >= 0.6 is 11.6 Å². The lowest BCUT2D eigenvalue weighted by Crippen LogP contribution is -2.15. The zero-order valence-corrected chi connectivity index (χ0v) is 7.78. The first-order valence-electron chi connectivity index (χ1n) is 3.92. The van der Waals surface area contributed by atoms with Crippen LogP contribution in [0, 0.1) is 10.1 Å². The number of benzene rings is 1. The first-order chi connectivity index (χ1) is 6.68. The molecule has 5 nitrogen and oxygen atoms in total. The van der Waals surface area contributed by atoms with Gasteiger partial charge in [-0.05, 0) is 0 Å². The van der Waals surface area contributed by atoms with Crippen LogP contribution in [0.15, 0.2) is 12.1 Å². The quantitative estimate of drug-likeness (QED) is 0.531. The van der Waals surface area contributed by atoms with E-state index < -0.39 is 4.92 Å². The van der Waals surface area contributed by atoms with Gasteiger partial charge in [-0.1, -0.05) is 11.6 Å². The summed E-state index contributed by atoms with van der Waals surface area (Å²) >= 11 is 5.68. The summed E-state index contributed by atoms with van der Waals surface area (Å²) in [5.74, 6) is 0.819. The Balaban J connectivity index is 2.50. The Morgan fingerprint density at radius 1 is 1.29 bits per heavy atom. The lowest BCUT2D eigenvalue weighted by atomic mass is 10.2. The van der Waals surface area contributed by atoms with Gasteiger partial charge in [-0.3, -0.25) is 10.1 Å². The zero-order valence-electron chi connectivity index (χ0n) is 7.03. The molecule has 0 aliphatic carbocycles. The van der Waals surface area contributed by atoms with Crippen molar-refractivity contribution < 1.29 is 14.4 Å². The van der Waals surface area contributed by atoms with Crippen molar-refractivity contribution in [3.05, 3.63) is 27.3 Å². The number of nitrogens with zero attached hydrogens (tertiary/aromatic N) is 1. The second-order valence-corrected chi connectivity index (χ2v) is 3.11. The molecule has 74 valence electrons. The van der Waals surface area contributed by atoms with Gasteiger partial charge in [-0.2, -0.15) is 0 Å². The molecule has 0 bridgehead atoms. The molecule has 0 aromatic heterocycles. The van der Waals surface area contributed by atoms with E-state index in [0.29, 0.717) is 24.7 Å². The van der Waals surface area contributed by atoms with E-state index in [1.807, 2.05) is 0 Å². The minimum absolute atomic E-state index is 0.0549. The first kappa shape index (κ1) is 9.08. The molecule has 0 saturated carbocycles. The van der Waals surface area contributed by atoms with Crippen LogP contribution in [0.5, 0.6) is 11.5 Å². The number of hydrogen-bond acceptors (Lipinski definition) is 4. The van der Waals surface area contributed by atoms with Crippen molar-refractivity contribution in [2.24, 2.45) is 0 Å². The highest BCUT2D eigenvalue weighted by Crippen LogP contribution is 2.38. The van der Waals surface area contributed by atoms with Crippen LogP contribution in [0.4, 0.5) is 5.69 Å². The molecule has 0 radical (unpaired) electrons. The first-order valence-corrected chi connectivity index (χ1v) is 4.30. The molecular weight excluding hydrogens is 210 g/mol. The van der Waals surface area contributed by atoms with Gasteiger partial charge in [-0.15, -0.1) is 0 Å². The van der Waals surface area contributed by atoms with E-state index in [9.17, 15) is 10.1 Å². The van der Waals surface area contributed by atoms with Gasteiger partial charge in [0.25, 0.3) is 5.69 Å². The van der Waals surface area contributed by atoms with Crippen LogP contribution in [-0.4, -0.2) is 18.1 Å². The fourth-order valence-electron chi connectivity index (χ4n) is 1.19. The molecule has 1 aliphatic rings. The summed E-state index contributed by atoms with van der Waals surface area (Å²) in [6, 6.07) is 2.67. The molecule has 1 heterocycles. The third-order valence-electron chi connectivity index (χ3n) is 1.81. The van der Waals surface area contributed by atoms with E-state index in [2.05, 4.69) is 0 Å². The maximum atomic E-state index is 10.5. The second kappa shape index (κ2) is 3.34. The lowest BCUT2D eigenvalue weighted by molar-refractivity contribution is -0.384. The van der Waals surface area contributed by atoms with E-state index in [1.165, 1.54) is 12.1 Å². The predicted octanol–water partition coefficient (Wildman–Crippen LogP) is 2.02. The van der Waals surface area contributed by atoms with E-state index in [0.717, 1.165) is 0 Å². The number of ether oxygens (including phenoxy) is 2. The average Bonchev–Trinajstić information content (AvgIpc) is 2.16. The molecule has 0 fully saturated rings. The third-order valence-corrected chi connectivity index (χ3v) is 2.11. The second-order valence-electron chi connectivity index (χ2n) is 2.70. The largest absolute Gasteiger partial charge is 0.486 e. The standard InChI is InChI=1S/C8H6ClNO4/c9-5-3-7-8(14-2-1-13-7)4-6(5)10(11)12/h3-4H,1-2H2. The summed E-state index contributed by atoms with van der Waals surface area (Å²) in [5.41, 5.74) is -0.170. The summed E-state index contributed by atoms with van der Waals surface area (Å²) in [6.45, 7) is 0.826. The SMILES string of the molecule is O=[N+]([O-])c1cc2c(cc1Cl)OCCO2. The number of hydrogen-bond donors (Lipinski definition) is 0. The predicted molar refractivity (Wildman–Crippen MR) is 49.1 cm³/mol. The Morgan fingerprint density at radius 3 is 2.43 bits per heavy atom. The molecule has 0 spiro atoms. The molecule has 6 heteroatoms. The molecular formula is C8H6ClNO4. The fourth-order valence-corrected chi connectivity index (χ4v) is 1.42. The molecule has 1 aromatic carbocycles. The molecule has 0 amide bonds. The summed E-state index contributed by atoms with van der Waals surface area (Å²) in [6.07, 6.45) is 0. The minimum atomic E-state index is -0.555. The molecule has 0 saturated heterocycles. The van der Waals surface area contributed by atoms with Crippen LogP contribution in [0.25, 0.3) is 0 Å².